The minimum absolute atomic E-state index is 0.209. The van der Waals surface area contributed by atoms with E-state index in [0.29, 0.717) is 4.91 Å². The fourth-order valence-corrected chi connectivity index (χ4v) is 3.56. The van der Waals surface area contributed by atoms with Gasteiger partial charge in [0.1, 0.15) is 6.54 Å². The highest BCUT2D eigenvalue weighted by Crippen LogP contribution is 2.32. The Morgan fingerprint density at radius 2 is 1.92 bits per heavy atom. The molecule has 3 rings (SSSR count). The second kappa shape index (κ2) is 8.37. The Bertz CT molecular complexity index is 726. The molecule has 0 spiro atoms. The third-order valence-corrected chi connectivity index (χ3v) is 4.94. The van der Waals surface area contributed by atoms with E-state index in [4.69, 9.17) is 9.47 Å². The Labute approximate surface area is 155 Å². The first-order valence-electron chi connectivity index (χ1n) is 8.42. The molecule has 138 valence electrons. The van der Waals surface area contributed by atoms with Crippen molar-refractivity contribution in [2.45, 2.75) is 6.92 Å². The van der Waals surface area contributed by atoms with E-state index in [-0.39, 0.29) is 13.2 Å². The summed E-state index contributed by atoms with van der Waals surface area (Å²) in [5.41, 5.74) is 1.92. The molecule has 2 fully saturated rings. The van der Waals surface area contributed by atoms with E-state index < -0.39 is 17.1 Å². The van der Waals surface area contributed by atoms with Gasteiger partial charge in [-0.3, -0.25) is 19.3 Å². The molecule has 2 heterocycles. The highest BCUT2D eigenvalue weighted by atomic mass is 32.2. The minimum atomic E-state index is -0.592. The van der Waals surface area contributed by atoms with Crippen molar-refractivity contribution in [2.75, 3.05) is 44.4 Å². The largest absolute Gasteiger partial charge is 0.465 e. The van der Waals surface area contributed by atoms with Gasteiger partial charge in [0.15, 0.2) is 0 Å². The van der Waals surface area contributed by atoms with Crippen molar-refractivity contribution in [1.29, 1.82) is 0 Å². The molecule has 7 nitrogen and oxygen atoms in total. The first-order chi connectivity index (χ1) is 12.6. The Balaban J connectivity index is 1.68. The summed E-state index contributed by atoms with van der Waals surface area (Å²) in [4.78, 5) is 39.3. The molecule has 0 unspecified atom stereocenters. The number of esters is 1. The monoisotopic (exact) mass is 376 g/mol. The van der Waals surface area contributed by atoms with Crippen LogP contribution >= 0.6 is 11.8 Å². The second-order valence-electron chi connectivity index (χ2n) is 5.76. The van der Waals surface area contributed by atoms with Gasteiger partial charge in [0.05, 0.1) is 24.7 Å². The summed E-state index contributed by atoms with van der Waals surface area (Å²) >= 11 is 0.833. The van der Waals surface area contributed by atoms with Gasteiger partial charge < -0.3 is 14.4 Å². The van der Waals surface area contributed by atoms with Crippen molar-refractivity contribution in [3.05, 3.63) is 34.7 Å². The molecule has 1 aromatic carbocycles. The van der Waals surface area contributed by atoms with Crippen LogP contribution in [0.25, 0.3) is 6.08 Å². The Morgan fingerprint density at radius 1 is 1.23 bits per heavy atom. The van der Waals surface area contributed by atoms with Crippen molar-refractivity contribution >= 4 is 40.6 Å². The van der Waals surface area contributed by atoms with Crippen LogP contribution in [0.15, 0.2) is 29.2 Å². The number of anilines is 1. The van der Waals surface area contributed by atoms with Crippen molar-refractivity contribution in [3.8, 4) is 0 Å². The third-order valence-electron chi connectivity index (χ3n) is 4.03. The number of nitrogens with zero attached hydrogens (tertiary/aromatic N) is 2. The molecule has 2 amide bonds. The first-order valence-corrected chi connectivity index (χ1v) is 9.24. The van der Waals surface area contributed by atoms with Crippen molar-refractivity contribution in [1.82, 2.24) is 4.90 Å². The van der Waals surface area contributed by atoms with Crippen LogP contribution in [-0.4, -0.2) is 61.5 Å². The highest BCUT2D eigenvalue weighted by Gasteiger charge is 2.36. The number of carbonyl (C=O) groups excluding carboxylic acids is 3. The summed E-state index contributed by atoms with van der Waals surface area (Å²) in [6.07, 6.45) is 1.67. The molecule has 2 aliphatic heterocycles. The van der Waals surface area contributed by atoms with Crippen LogP contribution < -0.4 is 4.90 Å². The van der Waals surface area contributed by atoms with Crippen molar-refractivity contribution in [3.63, 3.8) is 0 Å². The summed E-state index contributed by atoms with van der Waals surface area (Å²) in [5.74, 6) is -1.06. The molecule has 2 saturated heterocycles. The molecular weight excluding hydrogens is 356 g/mol. The van der Waals surface area contributed by atoms with Crippen molar-refractivity contribution < 1.29 is 23.9 Å². The van der Waals surface area contributed by atoms with Crippen LogP contribution in [0, 0.1) is 0 Å². The van der Waals surface area contributed by atoms with E-state index in [1.807, 2.05) is 24.3 Å². The maximum atomic E-state index is 12.4. The lowest BCUT2D eigenvalue weighted by Crippen LogP contribution is -2.36. The van der Waals surface area contributed by atoms with E-state index in [9.17, 15) is 14.4 Å². The zero-order chi connectivity index (χ0) is 18.5. The molecule has 26 heavy (non-hydrogen) atoms. The zero-order valence-electron chi connectivity index (χ0n) is 14.5. The van der Waals surface area contributed by atoms with Gasteiger partial charge in [-0.25, -0.2) is 0 Å². The topological polar surface area (TPSA) is 76.2 Å². The number of rotatable bonds is 5. The van der Waals surface area contributed by atoms with Crippen LogP contribution in [0.1, 0.15) is 12.5 Å². The number of benzene rings is 1. The smallest absolute Gasteiger partial charge is 0.326 e. The quantitative estimate of drug-likeness (QED) is 0.575. The SMILES string of the molecule is CCOC(=O)CN1C(=O)S/C(=C/c2ccc(N3CCOCC3)cc2)C1=O. The molecule has 2 aliphatic rings. The van der Waals surface area contributed by atoms with Crippen molar-refractivity contribution in [2.24, 2.45) is 0 Å². The van der Waals surface area contributed by atoms with E-state index in [1.165, 1.54) is 0 Å². The van der Waals surface area contributed by atoms with E-state index in [0.717, 1.165) is 54.2 Å². The summed E-state index contributed by atoms with van der Waals surface area (Å²) in [5, 5.41) is -0.459. The van der Waals surface area contributed by atoms with Gasteiger partial charge in [0, 0.05) is 18.8 Å². The molecule has 0 radical (unpaired) electrons. The lowest BCUT2D eigenvalue weighted by Gasteiger charge is -2.28. The fourth-order valence-electron chi connectivity index (χ4n) is 2.73. The molecule has 1 aromatic rings. The molecule has 0 bridgehead atoms. The fraction of sp³-hybridized carbons (Fsp3) is 0.389. The number of amides is 2. The lowest BCUT2D eigenvalue weighted by atomic mass is 10.1. The minimum Gasteiger partial charge on any atom is -0.465 e. The number of morpholine rings is 1. The standard InChI is InChI=1S/C18H20N2O5S/c1-2-25-16(21)12-20-17(22)15(26-18(20)23)11-13-3-5-14(6-4-13)19-7-9-24-10-8-19/h3-6,11H,2,7-10,12H2,1H3/b15-11+. The highest BCUT2D eigenvalue weighted by molar-refractivity contribution is 8.18. The van der Waals surface area contributed by atoms with Crippen LogP contribution in [0.5, 0.6) is 0 Å². The number of imide groups is 1. The molecule has 0 aliphatic carbocycles. The number of ether oxygens (including phenoxy) is 2. The first kappa shape index (κ1) is 18.5. The van der Waals surface area contributed by atoms with Crippen LogP contribution in [0.4, 0.5) is 10.5 Å². The Kier molecular flexibility index (Phi) is 5.95. The molecule has 0 atom stereocenters. The molecule has 8 heteroatoms. The van der Waals surface area contributed by atoms with E-state index in [2.05, 4.69) is 4.90 Å². The summed E-state index contributed by atoms with van der Waals surface area (Å²) in [7, 11) is 0. The van der Waals surface area contributed by atoms with Crippen LogP contribution in [0.2, 0.25) is 0 Å². The average molecular weight is 376 g/mol. The van der Waals surface area contributed by atoms with Gasteiger partial charge in [-0.2, -0.15) is 0 Å². The predicted octanol–water partition coefficient (Wildman–Crippen LogP) is 2.12. The van der Waals surface area contributed by atoms with Gasteiger partial charge in [0.2, 0.25) is 0 Å². The van der Waals surface area contributed by atoms with Gasteiger partial charge in [-0.05, 0) is 42.5 Å². The normalized spacial score (nSPS) is 19.3. The summed E-state index contributed by atoms with van der Waals surface area (Å²) in [6, 6.07) is 7.79. The lowest BCUT2D eigenvalue weighted by molar-refractivity contribution is -0.145. The van der Waals surface area contributed by atoms with Gasteiger partial charge in [0.25, 0.3) is 11.1 Å². The van der Waals surface area contributed by atoms with Crippen LogP contribution in [-0.2, 0) is 19.1 Å². The van der Waals surface area contributed by atoms with Crippen LogP contribution in [0.3, 0.4) is 0 Å². The number of hydrogen-bond acceptors (Lipinski definition) is 7. The Morgan fingerprint density at radius 3 is 2.58 bits per heavy atom. The molecule has 0 N–H and O–H groups in total. The summed E-state index contributed by atoms with van der Waals surface area (Å²) < 4.78 is 10.1. The Hall–Kier alpha value is -2.32. The predicted molar refractivity (Wildman–Crippen MR) is 98.8 cm³/mol. The second-order valence-corrected chi connectivity index (χ2v) is 6.76. The van der Waals surface area contributed by atoms with E-state index >= 15 is 0 Å². The maximum absolute atomic E-state index is 12.4. The number of hydrogen-bond donors (Lipinski definition) is 0. The molecule has 0 saturated carbocycles. The maximum Gasteiger partial charge on any atom is 0.326 e. The van der Waals surface area contributed by atoms with Gasteiger partial charge >= 0.3 is 5.97 Å². The third kappa shape index (κ3) is 4.25. The van der Waals surface area contributed by atoms with Gasteiger partial charge in [-0.15, -0.1) is 0 Å². The number of carbonyl (C=O) groups is 3. The molecule has 0 aromatic heterocycles. The van der Waals surface area contributed by atoms with Gasteiger partial charge in [-0.1, -0.05) is 12.1 Å². The zero-order valence-corrected chi connectivity index (χ0v) is 15.3. The van der Waals surface area contributed by atoms with E-state index in [1.54, 1.807) is 13.0 Å². The number of thioether (sulfide) groups is 1. The summed E-state index contributed by atoms with van der Waals surface area (Å²) in [6.45, 7) is 4.67. The molecular formula is C18H20N2O5S. The average Bonchev–Trinajstić information content (AvgIpc) is 2.91.